The summed E-state index contributed by atoms with van der Waals surface area (Å²) in [6, 6.07) is 7.23. The summed E-state index contributed by atoms with van der Waals surface area (Å²) in [4.78, 5) is 15.1. The maximum absolute atomic E-state index is 11.1. The van der Waals surface area contributed by atoms with E-state index in [1.807, 2.05) is 12.1 Å². The van der Waals surface area contributed by atoms with E-state index in [0.717, 1.165) is 23.1 Å². The summed E-state index contributed by atoms with van der Waals surface area (Å²) < 4.78 is 0. The van der Waals surface area contributed by atoms with E-state index in [2.05, 4.69) is 10.3 Å². The molecule has 0 amide bonds. The zero-order valence-corrected chi connectivity index (χ0v) is 9.47. The number of pyridine rings is 1. The molecular formula is C13H13N3O. The molecule has 0 bridgehead atoms. The number of rotatable bonds is 3. The highest BCUT2D eigenvalue weighted by Crippen LogP contribution is 2.33. The molecule has 1 heterocycles. The third-order valence-electron chi connectivity index (χ3n) is 2.62. The lowest BCUT2D eigenvalue weighted by Crippen LogP contribution is -2.01. The van der Waals surface area contributed by atoms with Gasteiger partial charge in [0.1, 0.15) is 0 Å². The molecule has 1 aromatic heterocycles. The number of nitrogens with one attached hydrogen (secondary N) is 1. The average molecular weight is 227 g/mol. The number of aldehydes is 1. The van der Waals surface area contributed by atoms with Gasteiger partial charge < -0.3 is 11.1 Å². The summed E-state index contributed by atoms with van der Waals surface area (Å²) in [5, 5.41) is 3.00. The fourth-order valence-corrected chi connectivity index (χ4v) is 1.79. The van der Waals surface area contributed by atoms with Gasteiger partial charge in [0.2, 0.25) is 0 Å². The Morgan fingerprint density at radius 1 is 1.35 bits per heavy atom. The molecule has 4 heteroatoms. The van der Waals surface area contributed by atoms with Crippen molar-refractivity contribution >= 4 is 17.7 Å². The van der Waals surface area contributed by atoms with Gasteiger partial charge in [0.15, 0.2) is 6.29 Å². The summed E-state index contributed by atoms with van der Waals surface area (Å²) in [5.74, 6) is 0. The van der Waals surface area contributed by atoms with Gasteiger partial charge in [-0.05, 0) is 18.2 Å². The number of benzene rings is 1. The highest BCUT2D eigenvalue weighted by Gasteiger charge is 2.11. The van der Waals surface area contributed by atoms with E-state index in [-0.39, 0.29) is 0 Å². The largest absolute Gasteiger partial charge is 0.397 e. The zero-order chi connectivity index (χ0) is 12.3. The fourth-order valence-electron chi connectivity index (χ4n) is 1.79. The van der Waals surface area contributed by atoms with Crippen LogP contribution in [0.25, 0.3) is 11.1 Å². The molecule has 0 unspecified atom stereocenters. The Labute approximate surface area is 99.5 Å². The van der Waals surface area contributed by atoms with Crippen molar-refractivity contribution in [1.82, 2.24) is 4.98 Å². The first kappa shape index (κ1) is 11.1. The van der Waals surface area contributed by atoms with Crippen molar-refractivity contribution in [2.75, 3.05) is 18.1 Å². The Morgan fingerprint density at radius 3 is 2.76 bits per heavy atom. The second kappa shape index (κ2) is 4.65. The lowest BCUT2D eigenvalue weighted by molar-refractivity contribution is 0.112. The molecule has 0 saturated carbocycles. The predicted octanol–water partition coefficient (Wildman–Crippen LogP) is 2.19. The van der Waals surface area contributed by atoms with Gasteiger partial charge in [-0.25, -0.2) is 0 Å². The molecule has 17 heavy (non-hydrogen) atoms. The van der Waals surface area contributed by atoms with Crippen LogP contribution in [0.3, 0.4) is 0 Å². The second-order valence-corrected chi connectivity index (χ2v) is 3.60. The minimum absolute atomic E-state index is 0.560. The van der Waals surface area contributed by atoms with Crippen molar-refractivity contribution < 1.29 is 4.79 Å². The highest BCUT2D eigenvalue weighted by atomic mass is 16.1. The van der Waals surface area contributed by atoms with Gasteiger partial charge in [0, 0.05) is 36.1 Å². The van der Waals surface area contributed by atoms with Crippen molar-refractivity contribution in [1.29, 1.82) is 0 Å². The van der Waals surface area contributed by atoms with E-state index in [9.17, 15) is 4.79 Å². The molecule has 3 N–H and O–H groups in total. The van der Waals surface area contributed by atoms with Crippen LogP contribution in [0.5, 0.6) is 0 Å². The maximum atomic E-state index is 11.1. The van der Waals surface area contributed by atoms with Crippen LogP contribution in [0.4, 0.5) is 11.4 Å². The first-order valence-electron chi connectivity index (χ1n) is 5.23. The number of nitrogen functional groups attached to an aromatic ring is 1. The predicted molar refractivity (Wildman–Crippen MR) is 69.0 cm³/mol. The Kier molecular flexibility index (Phi) is 3.05. The van der Waals surface area contributed by atoms with E-state index in [4.69, 9.17) is 5.73 Å². The minimum atomic E-state index is 0.560. The normalized spacial score (nSPS) is 9.94. The van der Waals surface area contributed by atoms with Crippen molar-refractivity contribution in [3.05, 3.63) is 42.2 Å². The summed E-state index contributed by atoms with van der Waals surface area (Å²) in [6.07, 6.45) is 4.18. The number of hydrogen-bond donors (Lipinski definition) is 2. The van der Waals surface area contributed by atoms with Gasteiger partial charge in [-0.1, -0.05) is 6.07 Å². The molecule has 0 radical (unpaired) electrons. The Hall–Kier alpha value is -2.36. The molecule has 0 aliphatic heterocycles. The van der Waals surface area contributed by atoms with Crippen molar-refractivity contribution in [2.45, 2.75) is 0 Å². The minimum Gasteiger partial charge on any atom is -0.397 e. The molecule has 86 valence electrons. The molecule has 2 aromatic rings. The van der Waals surface area contributed by atoms with Gasteiger partial charge in [-0.2, -0.15) is 0 Å². The van der Waals surface area contributed by atoms with Crippen LogP contribution in [0.2, 0.25) is 0 Å². The van der Waals surface area contributed by atoms with Gasteiger partial charge in [0.25, 0.3) is 0 Å². The van der Waals surface area contributed by atoms with E-state index in [1.54, 1.807) is 31.6 Å². The third kappa shape index (κ3) is 1.97. The number of carbonyl (C=O) groups is 1. The van der Waals surface area contributed by atoms with Crippen LogP contribution in [-0.2, 0) is 0 Å². The van der Waals surface area contributed by atoms with Crippen LogP contribution >= 0.6 is 0 Å². The monoisotopic (exact) mass is 227 g/mol. The molecule has 0 fully saturated rings. The topological polar surface area (TPSA) is 68.0 Å². The third-order valence-corrected chi connectivity index (χ3v) is 2.62. The molecule has 1 aromatic carbocycles. The lowest BCUT2D eigenvalue weighted by atomic mass is 9.98. The van der Waals surface area contributed by atoms with Crippen LogP contribution in [0, 0.1) is 0 Å². The average Bonchev–Trinajstić information content (AvgIpc) is 2.39. The standard InChI is InChI=1S/C13H13N3O/c1-15-11-5-4-10(8-17)12(13(11)14)9-3-2-6-16-7-9/h2-8,15H,14H2,1H3. The van der Waals surface area contributed by atoms with Gasteiger partial charge in [0.05, 0.1) is 11.4 Å². The van der Waals surface area contributed by atoms with Crippen molar-refractivity contribution in [3.8, 4) is 11.1 Å². The number of aromatic nitrogens is 1. The Morgan fingerprint density at radius 2 is 2.18 bits per heavy atom. The second-order valence-electron chi connectivity index (χ2n) is 3.60. The Balaban J connectivity index is 2.70. The van der Waals surface area contributed by atoms with Gasteiger partial charge >= 0.3 is 0 Å². The van der Waals surface area contributed by atoms with Crippen LogP contribution in [0.15, 0.2) is 36.7 Å². The summed E-state index contributed by atoms with van der Waals surface area (Å²) in [5.41, 5.74) is 9.54. The molecule has 0 spiro atoms. The number of nitrogens with two attached hydrogens (primary N) is 1. The highest BCUT2D eigenvalue weighted by molar-refractivity contribution is 5.97. The van der Waals surface area contributed by atoms with Gasteiger partial charge in [-0.3, -0.25) is 9.78 Å². The molecule has 0 aliphatic carbocycles. The van der Waals surface area contributed by atoms with Gasteiger partial charge in [-0.15, -0.1) is 0 Å². The van der Waals surface area contributed by atoms with Crippen LogP contribution in [0.1, 0.15) is 10.4 Å². The first-order chi connectivity index (χ1) is 8.27. The lowest BCUT2D eigenvalue weighted by Gasteiger charge is -2.12. The Bertz CT molecular complexity index is 538. The summed E-state index contributed by atoms with van der Waals surface area (Å²) in [7, 11) is 1.79. The smallest absolute Gasteiger partial charge is 0.150 e. The quantitative estimate of drug-likeness (QED) is 0.623. The number of anilines is 2. The maximum Gasteiger partial charge on any atom is 0.150 e. The first-order valence-corrected chi connectivity index (χ1v) is 5.23. The molecule has 0 saturated heterocycles. The van der Waals surface area contributed by atoms with E-state index >= 15 is 0 Å². The van der Waals surface area contributed by atoms with E-state index in [1.165, 1.54) is 0 Å². The molecular weight excluding hydrogens is 214 g/mol. The number of nitrogens with zero attached hydrogens (tertiary/aromatic N) is 1. The number of hydrogen-bond acceptors (Lipinski definition) is 4. The van der Waals surface area contributed by atoms with E-state index < -0.39 is 0 Å². The molecule has 2 rings (SSSR count). The SMILES string of the molecule is CNc1ccc(C=O)c(-c2cccnc2)c1N. The van der Waals surface area contributed by atoms with Crippen molar-refractivity contribution in [3.63, 3.8) is 0 Å². The molecule has 0 atom stereocenters. The fraction of sp³-hybridized carbons (Fsp3) is 0.0769. The van der Waals surface area contributed by atoms with Crippen LogP contribution in [-0.4, -0.2) is 18.3 Å². The van der Waals surface area contributed by atoms with E-state index in [0.29, 0.717) is 11.3 Å². The molecule has 4 nitrogen and oxygen atoms in total. The number of carbonyl (C=O) groups excluding carboxylic acids is 1. The zero-order valence-electron chi connectivity index (χ0n) is 9.47. The summed E-state index contributed by atoms with van der Waals surface area (Å²) in [6.45, 7) is 0. The van der Waals surface area contributed by atoms with Crippen LogP contribution < -0.4 is 11.1 Å². The molecule has 0 aliphatic rings. The summed E-state index contributed by atoms with van der Waals surface area (Å²) >= 11 is 0. The van der Waals surface area contributed by atoms with Crippen molar-refractivity contribution in [2.24, 2.45) is 0 Å².